The van der Waals surface area contributed by atoms with E-state index < -0.39 is 0 Å². The van der Waals surface area contributed by atoms with Crippen LogP contribution < -0.4 is 5.73 Å². The second kappa shape index (κ2) is 6.30. The van der Waals surface area contributed by atoms with Crippen molar-refractivity contribution >= 4 is 15.9 Å². The lowest BCUT2D eigenvalue weighted by Gasteiger charge is -2.28. The van der Waals surface area contributed by atoms with Crippen molar-refractivity contribution in [3.63, 3.8) is 0 Å². The SMILES string of the molecule is Cc1cc(Br)cc(C(N)CC2OCCc3ccccc32)c1. The highest BCUT2D eigenvalue weighted by Crippen LogP contribution is 2.34. The predicted octanol–water partition coefficient (Wildman–Crippen LogP) is 4.46. The molecule has 1 heterocycles. The summed E-state index contributed by atoms with van der Waals surface area (Å²) in [5.74, 6) is 0. The lowest BCUT2D eigenvalue weighted by atomic mass is 9.91. The van der Waals surface area contributed by atoms with Crippen LogP contribution in [0, 0.1) is 6.92 Å². The van der Waals surface area contributed by atoms with Gasteiger partial charge in [-0.1, -0.05) is 46.3 Å². The molecular weight excluding hydrogens is 326 g/mol. The van der Waals surface area contributed by atoms with Crippen molar-refractivity contribution in [1.29, 1.82) is 0 Å². The van der Waals surface area contributed by atoms with E-state index in [0.717, 1.165) is 29.5 Å². The van der Waals surface area contributed by atoms with Crippen molar-refractivity contribution in [2.45, 2.75) is 31.9 Å². The van der Waals surface area contributed by atoms with Crippen molar-refractivity contribution in [3.8, 4) is 0 Å². The van der Waals surface area contributed by atoms with Crippen molar-refractivity contribution in [2.75, 3.05) is 6.61 Å². The van der Waals surface area contributed by atoms with Gasteiger partial charge in [0.05, 0.1) is 12.7 Å². The first-order chi connectivity index (χ1) is 10.1. The summed E-state index contributed by atoms with van der Waals surface area (Å²) in [5, 5.41) is 0. The number of ether oxygens (including phenoxy) is 1. The molecule has 0 saturated carbocycles. The summed E-state index contributed by atoms with van der Waals surface area (Å²) in [5.41, 5.74) is 11.5. The Labute approximate surface area is 134 Å². The average Bonchev–Trinajstić information content (AvgIpc) is 2.46. The Balaban J connectivity index is 1.81. The van der Waals surface area contributed by atoms with E-state index in [1.165, 1.54) is 16.7 Å². The lowest BCUT2D eigenvalue weighted by molar-refractivity contribution is 0.0320. The minimum atomic E-state index is -0.0163. The van der Waals surface area contributed by atoms with Gasteiger partial charge in [-0.25, -0.2) is 0 Å². The summed E-state index contributed by atoms with van der Waals surface area (Å²) in [6, 6.07) is 14.9. The summed E-state index contributed by atoms with van der Waals surface area (Å²) in [6.45, 7) is 2.87. The zero-order chi connectivity index (χ0) is 14.8. The van der Waals surface area contributed by atoms with Gasteiger partial charge in [0, 0.05) is 10.5 Å². The molecule has 3 heteroatoms. The molecule has 0 amide bonds. The molecule has 2 N–H and O–H groups in total. The van der Waals surface area contributed by atoms with Gasteiger partial charge in [0.25, 0.3) is 0 Å². The van der Waals surface area contributed by atoms with Gasteiger partial charge in [-0.05, 0) is 54.2 Å². The minimum Gasteiger partial charge on any atom is -0.373 e. The van der Waals surface area contributed by atoms with Gasteiger partial charge in [-0.2, -0.15) is 0 Å². The Hall–Kier alpha value is -1.16. The number of halogens is 1. The van der Waals surface area contributed by atoms with Crippen LogP contribution in [0.25, 0.3) is 0 Å². The first kappa shape index (κ1) is 14.8. The van der Waals surface area contributed by atoms with Crippen LogP contribution in [0.15, 0.2) is 46.9 Å². The maximum absolute atomic E-state index is 6.42. The van der Waals surface area contributed by atoms with Crippen LogP contribution in [0.3, 0.4) is 0 Å². The van der Waals surface area contributed by atoms with Gasteiger partial charge in [0.2, 0.25) is 0 Å². The molecule has 3 rings (SSSR count). The Bertz CT molecular complexity index is 621. The second-order valence-corrected chi connectivity index (χ2v) is 6.63. The fourth-order valence-electron chi connectivity index (χ4n) is 3.02. The molecule has 2 aromatic carbocycles. The maximum atomic E-state index is 6.42. The van der Waals surface area contributed by atoms with Crippen molar-refractivity contribution in [2.24, 2.45) is 5.73 Å². The Morgan fingerprint density at radius 1 is 1.29 bits per heavy atom. The predicted molar refractivity (Wildman–Crippen MR) is 89.3 cm³/mol. The van der Waals surface area contributed by atoms with Gasteiger partial charge in [0.1, 0.15) is 0 Å². The number of fused-ring (bicyclic) bond motifs is 1. The number of hydrogen-bond acceptors (Lipinski definition) is 2. The monoisotopic (exact) mass is 345 g/mol. The third-order valence-corrected chi connectivity index (χ3v) is 4.51. The molecule has 1 aliphatic rings. The number of hydrogen-bond donors (Lipinski definition) is 1. The van der Waals surface area contributed by atoms with Crippen LogP contribution in [0.2, 0.25) is 0 Å². The highest BCUT2D eigenvalue weighted by molar-refractivity contribution is 9.10. The Morgan fingerprint density at radius 2 is 2.10 bits per heavy atom. The van der Waals surface area contributed by atoms with E-state index in [2.05, 4.69) is 65.3 Å². The summed E-state index contributed by atoms with van der Waals surface area (Å²) in [7, 11) is 0. The molecule has 0 fully saturated rings. The molecule has 2 unspecified atom stereocenters. The summed E-state index contributed by atoms with van der Waals surface area (Å²) in [6.07, 6.45) is 1.91. The van der Waals surface area contributed by atoms with E-state index in [1.807, 2.05) is 0 Å². The fourth-order valence-corrected chi connectivity index (χ4v) is 3.64. The molecule has 21 heavy (non-hydrogen) atoms. The van der Waals surface area contributed by atoms with Crippen LogP contribution in [0.1, 0.15) is 40.8 Å². The van der Waals surface area contributed by atoms with Crippen molar-refractivity contribution in [1.82, 2.24) is 0 Å². The van der Waals surface area contributed by atoms with Crippen molar-refractivity contribution in [3.05, 3.63) is 69.2 Å². The topological polar surface area (TPSA) is 35.2 Å². The number of nitrogens with two attached hydrogens (primary N) is 1. The molecular formula is C18H20BrNO. The van der Waals surface area contributed by atoms with E-state index in [-0.39, 0.29) is 12.1 Å². The molecule has 0 spiro atoms. The van der Waals surface area contributed by atoms with Gasteiger partial charge in [-0.15, -0.1) is 0 Å². The first-order valence-electron chi connectivity index (χ1n) is 7.35. The summed E-state index contributed by atoms with van der Waals surface area (Å²) in [4.78, 5) is 0. The van der Waals surface area contributed by atoms with Crippen LogP contribution in [0.5, 0.6) is 0 Å². The highest BCUT2D eigenvalue weighted by Gasteiger charge is 2.23. The van der Waals surface area contributed by atoms with E-state index in [9.17, 15) is 0 Å². The van der Waals surface area contributed by atoms with Gasteiger partial charge >= 0.3 is 0 Å². The molecule has 1 aliphatic heterocycles. The van der Waals surface area contributed by atoms with E-state index in [0.29, 0.717) is 0 Å². The maximum Gasteiger partial charge on any atom is 0.0845 e. The molecule has 0 aliphatic carbocycles. The van der Waals surface area contributed by atoms with Crippen LogP contribution in [-0.4, -0.2) is 6.61 Å². The van der Waals surface area contributed by atoms with Crippen LogP contribution >= 0.6 is 15.9 Å². The zero-order valence-corrected chi connectivity index (χ0v) is 13.8. The normalized spacial score (nSPS) is 19.1. The standard InChI is InChI=1S/C18H20BrNO/c1-12-8-14(10-15(19)9-12)17(20)11-18-16-5-3-2-4-13(16)6-7-21-18/h2-5,8-10,17-18H,6-7,11,20H2,1H3. The molecule has 0 saturated heterocycles. The summed E-state index contributed by atoms with van der Waals surface area (Å²) >= 11 is 3.55. The third kappa shape index (κ3) is 3.37. The smallest absolute Gasteiger partial charge is 0.0845 e. The molecule has 2 atom stereocenters. The van der Waals surface area contributed by atoms with Gasteiger partial charge in [0.15, 0.2) is 0 Å². The quantitative estimate of drug-likeness (QED) is 0.891. The van der Waals surface area contributed by atoms with E-state index in [4.69, 9.17) is 10.5 Å². The summed E-state index contributed by atoms with van der Waals surface area (Å²) < 4.78 is 7.05. The van der Waals surface area contributed by atoms with Gasteiger partial charge < -0.3 is 10.5 Å². The Kier molecular flexibility index (Phi) is 4.43. The van der Waals surface area contributed by atoms with Gasteiger partial charge in [-0.3, -0.25) is 0 Å². The van der Waals surface area contributed by atoms with E-state index in [1.54, 1.807) is 0 Å². The number of rotatable bonds is 3. The molecule has 0 aromatic heterocycles. The molecule has 0 bridgehead atoms. The Morgan fingerprint density at radius 3 is 2.90 bits per heavy atom. The fraction of sp³-hybridized carbons (Fsp3) is 0.333. The second-order valence-electron chi connectivity index (χ2n) is 5.71. The zero-order valence-electron chi connectivity index (χ0n) is 12.2. The minimum absolute atomic E-state index is 0.0163. The van der Waals surface area contributed by atoms with Crippen LogP contribution in [0.4, 0.5) is 0 Å². The number of benzene rings is 2. The largest absolute Gasteiger partial charge is 0.373 e. The number of aryl methyl sites for hydroxylation is 1. The lowest BCUT2D eigenvalue weighted by Crippen LogP contribution is -2.21. The van der Waals surface area contributed by atoms with E-state index >= 15 is 0 Å². The van der Waals surface area contributed by atoms with Crippen LogP contribution in [-0.2, 0) is 11.2 Å². The molecule has 110 valence electrons. The molecule has 2 aromatic rings. The average molecular weight is 346 g/mol. The van der Waals surface area contributed by atoms with Crippen molar-refractivity contribution < 1.29 is 4.74 Å². The first-order valence-corrected chi connectivity index (χ1v) is 8.15. The third-order valence-electron chi connectivity index (χ3n) is 4.05. The molecule has 2 nitrogen and oxygen atoms in total. The highest BCUT2D eigenvalue weighted by atomic mass is 79.9. The molecule has 0 radical (unpaired) electrons.